The van der Waals surface area contributed by atoms with E-state index in [1.54, 1.807) is 13.8 Å². The zero-order chi connectivity index (χ0) is 14.7. The van der Waals surface area contributed by atoms with Crippen LogP contribution in [0.5, 0.6) is 0 Å². The summed E-state index contributed by atoms with van der Waals surface area (Å²) in [5, 5.41) is 21.3. The maximum atomic E-state index is 13.4. The van der Waals surface area contributed by atoms with E-state index >= 15 is 0 Å². The standard InChI is InChI=1S/C11H11FN2O5/c1-6(2)11(15)4-7-3-8(12)10(14(18)19)5-9(7)13(16)17/h3,5-6H,4H2,1-2H3. The highest BCUT2D eigenvalue weighted by molar-refractivity contribution is 5.83. The quantitative estimate of drug-likeness (QED) is 0.603. The Labute approximate surface area is 107 Å². The average molecular weight is 270 g/mol. The number of nitrogens with zero attached hydrogens (tertiary/aromatic N) is 2. The first-order valence-corrected chi connectivity index (χ1v) is 5.38. The molecule has 0 N–H and O–H groups in total. The van der Waals surface area contributed by atoms with Crippen molar-refractivity contribution < 1.29 is 19.0 Å². The molecule has 0 aliphatic rings. The molecule has 0 saturated carbocycles. The molecular weight excluding hydrogens is 259 g/mol. The van der Waals surface area contributed by atoms with E-state index in [1.165, 1.54) is 0 Å². The second kappa shape index (κ2) is 5.51. The molecule has 7 nitrogen and oxygen atoms in total. The molecule has 0 spiro atoms. The van der Waals surface area contributed by atoms with Crippen molar-refractivity contribution in [3.8, 4) is 0 Å². The largest absolute Gasteiger partial charge is 0.311 e. The topological polar surface area (TPSA) is 103 Å². The molecule has 8 heteroatoms. The van der Waals surface area contributed by atoms with Gasteiger partial charge in [-0.3, -0.25) is 25.0 Å². The third-order valence-corrected chi connectivity index (χ3v) is 2.55. The molecule has 0 amide bonds. The monoisotopic (exact) mass is 270 g/mol. The number of benzene rings is 1. The number of hydrogen-bond acceptors (Lipinski definition) is 5. The number of carbonyl (C=O) groups excluding carboxylic acids is 1. The predicted molar refractivity (Wildman–Crippen MR) is 63.3 cm³/mol. The second-order valence-corrected chi connectivity index (χ2v) is 4.24. The van der Waals surface area contributed by atoms with Crippen LogP contribution in [-0.2, 0) is 11.2 Å². The average Bonchev–Trinajstić information content (AvgIpc) is 2.27. The summed E-state index contributed by atoms with van der Waals surface area (Å²) < 4.78 is 13.4. The van der Waals surface area contributed by atoms with Crippen LogP contribution < -0.4 is 0 Å². The molecule has 0 unspecified atom stereocenters. The summed E-state index contributed by atoms with van der Waals surface area (Å²) in [5.74, 6) is -1.86. The number of Topliss-reactive ketones (excluding diaryl/α,β-unsaturated/α-hetero) is 1. The summed E-state index contributed by atoms with van der Waals surface area (Å²) in [4.78, 5) is 31.0. The first-order chi connectivity index (χ1) is 8.73. The van der Waals surface area contributed by atoms with E-state index in [0.717, 1.165) is 0 Å². The fourth-order valence-electron chi connectivity index (χ4n) is 1.44. The van der Waals surface area contributed by atoms with Crippen molar-refractivity contribution in [3.63, 3.8) is 0 Å². The van der Waals surface area contributed by atoms with Gasteiger partial charge in [0.2, 0.25) is 5.82 Å². The lowest BCUT2D eigenvalue weighted by Gasteiger charge is -2.05. The van der Waals surface area contributed by atoms with E-state index < -0.39 is 27.0 Å². The van der Waals surface area contributed by atoms with Gasteiger partial charge in [-0.25, -0.2) is 0 Å². The molecule has 0 fully saturated rings. The number of nitro groups is 2. The number of hydrogen-bond donors (Lipinski definition) is 0. The summed E-state index contributed by atoms with van der Waals surface area (Å²) in [5.41, 5.74) is -1.76. The van der Waals surface area contributed by atoms with E-state index in [9.17, 15) is 29.4 Å². The molecule has 19 heavy (non-hydrogen) atoms. The Morgan fingerprint density at radius 1 is 1.21 bits per heavy atom. The summed E-state index contributed by atoms with van der Waals surface area (Å²) in [6.07, 6.45) is -0.330. The minimum atomic E-state index is -1.19. The van der Waals surface area contributed by atoms with Gasteiger partial charge in [-0.2, -0.15) is 4.39 Å². The third kappa shape index (κ3) is 3.30. The van der Waals surface area contributed by atoms with Crippen LogP contribution in [0, 0.1) is 32.0 Å². The van der Waals surface area contributed by atoms with Crippen molar-refractivity contribution in [3.05, 3.63) is 43.7 Å². The van der Waals surface area contributed by atoms with Crippen LogP contribution in [-0.4, -0.2) is 15.6 Å². The van der Waals surface area contributed by atoms with Crippen molar-refractivity contribution in [2.75, 3.05) is 0 Å². The van der Waals surface area contributed by atoms with Gasteiger partial charge in [0, 0.05) is 17.9 Å². The molecule has 0 heterocycles. The molecule has 0 radical (unpaired) electrons. The summed E-state index contributed by atoms with van der Waals surface area (Å²) >= 11 is 0. The normalized spacial score (nSPS) is 10.5. The predicted octanol–water partition coefficient (Wildman–Crippen LogP) is 2.41. The van der Waals surface area contributed by atoms with E-state index in [0.29, 0.717) is 12.1 Å². The fraction of sp³-hybridized carbons (Fsp3) is 0.364. The Bertz CT molecular complexity index is 556. The molecule has 102 valence electrons. The zero-order valence-corrected chi connectivity index (χ0v) is 10.3. The maximum Gasteiger partial charge on any atom is 0.311 e. The van der Waals surface area contributed by atoms with Crippen molar-refractivity contribution in [1.29, 1.82) is 0 Å². The smallest absolute Gasteiger partial charge is 0.299 e. The Morgan fingerprint density at radius 3 is 2.16 bits per heavy atom. The van der Waals surface area contributed by atoms with Crippen molar-refractivity contribution in [1.82, 2.24) is 0 Å². The Kier molecular flexibility index (Phi) is 4.26. The molecule has 1 rings (SSSR count). The van der Waals surface area contributed by atoms with Crippen LogP contribution in [0.3, 0.4) is 0 Å². The molecule has 0 aliphatic heterocycles. The van der Waals surface area contributed by atoms with E-state index in [-0.39, 0.29) is 23.7 Å². The van der Waals surface area contributed by atoms with Crippen LogP contribution in [0.15, 0.2) is 12.1 Å². The van der Waals surface area contributed by atoms with Gasteiger partial charge in [-0.1, -0.05) is 13.8 Å². The second-order valence-electron chi connectivity index (χ2n) is 4.24. The lowest BCUT2D eigenvalue weighted by atomic mass is 9.99. The summed E-state index contributed by atoms with van der Waals surface area (Å²) in [7, 11) is 0. The van der Waals surface area contributed by atoms with Crippen molar-refractivity contribution in [2.45, 2.75) is 20.3 Å². The Morgan fingerprint density at radius 2 is 1.74 bits per heavy atom. The first kappa shape index (κ1) is 14.7. The number of halogens is 1. The minimum absolute atomic E-state index is 0.160. The lowest BCUT2D eigenvalue weighted by Crippen LogP contribution is -2.12. The maximum absolute atomic E-state index is 13.4. The number of ketones is 1. The van der Waals surface area contributed by atoms with Crippen LogP contribution in [0.2, 0.25) is 0 Å². The fourth-order valence-corrected chi connectivity index (χ4v) is 1.44. The number of nitro benzene ring substituents is 2. The molecule has 0 saturated heterocycles. The van der Waals surface area contributed by atoms with Gasteiger partial charge < -0.3 is 0 Å². The van der Waals surface area contributed by atoms with Gasteiger partial charge in [-0.05, 0) is 6.07 Å². The third-order valence-electron chi connectivity index (χ3n) is 2.55. The van der Waals surface area contributed by atoms with Crippen LogP contribution in [0.1, 0.15) is 19.4 Å². The van der Waals surface area contributed by atoms with Gasteiger partial charge in [0.25, 0.3) is 5.69 Å². The molecule has 1 aromatic carbocycles. The molecular formula is C11H11FN2O5. The molecule has 1 aromatic rings. The number of rotatable bonds is 5. The van der Waals surface area contributed by atoms with E-state index in [2.05, 4.69) is 0 Å². The minimum Gasteiger partial charge on any atom is -0.299 e. The van der Waals surface area contributed by atoms with Gasteiger partial charge in [0.1, 0.15) is 5.78 Å². The van der Waals surface area contributed by atoms with Gasteiger partial charge in [0.05, 0.1) is 15.9 Å². The molecule has 0 aliphatic carbocycles. The van der Waals surface area contributed by atoms with Crippen LogP contribution in [0.25, 0.3) is 0 Å². The zero-order valence-electron chi connectivity index (χ0n) is 10.3. The van der Waals surface area contributed by atoms with Gasteiger partial charge in [-0.15, -0.1) is 0 Å². The van der Waals surface area contributed by atoms with Crippen LogP contribution in [0.4, 0.5) is 15.8 Å². The number of carbonyl (C=O) groups is 1. The van der Waals surface area contributed by atoms with Gasteiger partial charge >= 0.3 is 5.69 Å². The van der Waals surface area contributed by atoms with Gasteiger partial charge in [0.15, 0.2) is 0 Å². The first-order valence-electron chi connectivity index (χ1n) is 5.38. The van der Waals surface area contributed by atoms with Crippen molar-refractivity contribution in [2.24, 2.45) is 5.92 Å². The molecule has 0 bridgehead atoms. The van der Waals surface area contributed by atoms with E-state index in [1.807, 2.05) is 0 Å². The lowest BCUT2D eigenvalue weighted by molar-refractivity contribution is -0.396. The SMILES string of the molecule is CC(C)C(=O)Cc1cc(F)c([N+](=O)[O-])cc1[N+](=O)[O-]. The van der Waals surface area contributed by atoms with Crippen molar-refractivity contribution >= 4 is 17.2 Å². The highest BCUT2D eigenvalue weighted by Gasteiger charge is 2.26. The highest BCUT2D eigenvalue weighted by atomic mass is 19.1. The molecule has 0 atom stereocenters. The summed E-state index contributed by atoms with van der Waals surface area (Å²) in [6.45, 7) is 3.21. The summed E-state index contributed by atoms with van der Waals surface area (Å²) in [6, 6.07) is 1.22. The van der Waals surface area contributed by atoms with Crippen LogP contribution >= 0.6 is 0 Å². The Balaban J connectivity index is 3.31. The van der Waals surface area contributed by atoms with E-state index in [4.69, 9.17) is 0 Å². The Hall–Kier alpha value is -2.38. The molecule has 0 aromatic heterocycles. The highest BCUT2D eigenvalue weighted by Crippen LogP contribution is 2.28.